The zero-order chi connectivity index (χ0) is 16.4. The van der Waals surface area contributed by atoms with Gasteiger partial charge in [-0.2, -0.15) is 0 Å². The molecule has 0 aliphatic rings. The van der Waals surface area contributed by atoms with Gasteiger partial charge in [-0.1, -0.05) is 23.7 Å². The number of aliphatic hydroxyl groups is 1. The number of hydrogen-bond donors (Lipinski definition) is 2. The number of aryl methyl sites for hydroxylation is 1. The summed E-state index contributed by atoms with van der Waals surface area (Å²) in [7, 11) is 1.91. The summed E-state index contributed by atoms with van der Waals surface area (Å²) in [6, 6.07) is 14.9. The van der Waals surface area contributed by atoms with Crippen molar-refractivity contribution in [3.63, 3.8) is 0 Å². The topological polar surface area (TPSA) is 64.3 Å². The Morgan fingerprint density at radius 2 is 1.91 bits per heavy atom. The number of imidazole rings is 1. The van der Waals surface area contributed by atoms with Crippen molar-refractivity contribution in [2.24, 2.45) is 7.05 Å². The van der Waals surface area contributed by atoms with E-state index in [0.29, 0.717) is 23.3 Å². The van der Waals surface area contributed by atoms with Gasteiger partial charge in [0.1, 0.15) is 36.0 Å². The van der Waals surface area contributed by atoms with Crippen LogP contribution in [0.2, 0.25) is 5.02 Å². The molecule has 0 aliphatic carbocycles. The summed E-state index contributed by atoms with van der Waals surface area (Å²) in [5.74, 6) is 1.26. The number of benzene rings is 2. The summed E-state index contributed by atoms with van der Waals surface area (Å²) in [5.41, 5.74) is 8.16. The summed E-state index contributed by atoms with van der Waals surface area (Å²) >= 11 is 5.83. The summed E-state index contributed by atoms with van der Waals surface area (Å²) in [5, 5.41) is 10.9. The average molecular weight is 333 g/mol. The monoisotopic (exact) mass is 332 g/mol. The molecule has 1 atom stereocenters. The Kier molecular flexibility index (Phi) is 4.41. The van der Waals surface area contributed by atoms with Crippen molar-refractivity contribution in [3.05, 3.63) is 53.6 Å². The van der Waals surface area contributed by atoms with Crippen molar-refractivity contribution in [1.29, 1.82) is 0 Å². The van der Waals surface area contributed by atoms with Gasteiger partial charge >= 0.3 is 5.95 Å². The predicted octanol–water partition coefficient (Wildman–Crippen LogP) is 2.14. The molecule has 0 unspecified atom stereocenters. The first-order chi connectivity index (χ1) is 11.1. The molecule has 0 saturated carbocycles. The Labute approximate surface area is 139 Å². The molecule has 3 rings (SSSR count). The van der Waals surface area contributed by atoms with Crippen LogP contribution in [0.25, 0.3) is 11.0 Å². The molecule has 0 saturated heterocycles. The van der Waals surface area contributed by atoms with Gasteiger partial charge < -0.3 is 9.84 Å². The van der Waals surface area contributed by atoms with E-state index in [2.05, 4.69) is 0 Å². The number of aromatic nitrogens is 2. The van der Waals surface area contributed by atoms with Crippen LogP contribution in [0.3, 0.4) is 0 Å². The third-order valence-corrected chi connectivity index (χ3v) is 4.06. The SMILES string of the molecule is C[n+]1c(N)n(C[C@H](O)COc2ccc(Cl)cc2)c2ccccc21. The molecule has 5 nitrogen and oxygen atoms in total. The van der Waals surface area contributed by atoms with Crippen LogP contribution >= 0.6 is 11.6 Å². The molecule has 0 radical (unpaired) electrons. The fraction of sp³-hybridized carbons (Fsp3) is 0.235. The normalized spacial score (nSPS) is 12.5. The van der Waals surface area contributed by atoms with Crippen LogP contribution in [0.15, 0.2) is 48.5 Å². The van der Waals surface area contributed by atoms with Crippen molar-refractivity contribution in [1.82, 2.24) is 4.57 Å². The lowest BCUT2D eigenvalue weighted by Gasteiger charge is -2.12. The van der Waals surface area contributed by atoms with Crippen molar-refractivity contribution in [2.75, 3.05) is 12.3 Å². The third kappa shape index (κ3) is 3.25. The number of ether oxygens (including phenoxy) is 1. The maximum absolute atomic E-state index is 10.3. The van der Waals surface area contributed by atoms with Gasteiger partial charge in [0.2, 0.25) is 0 Å². The number of hydrogen-bond acceptors (Lipinski definition) is 3. The first-order valence-corrected chi connectivity index (χ1v) is 7.73. The van der Waals surface area contributed by atoms with Gasteiger partial charge in [0, 0.05) is 5.02 Å². The standard InChI is InChI=1S/C17H18ClN3O2/c1-20-15-4-2-3-5-16(15)21(17(20)19)10-13(22)11-23-14-8-6-12(18)7-9-14/h2-9,13,19,22H,10-11H2,1H3/p+1/t13-/m0/s1. The van der Waals surface area contributed by atoms with E-state index in [9.17, 15) is 5.11 Å². The van der Waals surface area contributed by atoms with Crippen LogP contribution in [-0.2, 0) is 13.6 Å². The zero-order valence-corrected chi connectivity index (χ0v) is 13.6. The molecule has 23 heavy (non-hydrogen) atoms. The van der Waals surface area contributed by atoms with Crippen LogP contribution in [-0.4, -0.2) is 22.4 Å². The van der Waals surface area contributed by atoms with Gasteiger partial charge in [-0.25, -0.2) is 9.13 Å². The number of fused-ring (bicyclic) bond motifs is 1. The maximum Gasteiger partial charge on any atom is 0.355 e. The van der Waals surface area contributed by atoms with E-state index in [1.807, 2.05) is 40.4 Å². The van der Waals surface area contributed by atoms with Crippen molar-refractivity contribution < 1.29 is 14.4 Å². The van der Waals surface area contributed by atoms with Crippen LogP contribution in [0.1, 0.15) is 0 Å². The first-order valence-electron chi connectivity index (χ1n) is 7.35. The van der Waals surface area contributed by atoms with Gasteiger partial charge in [0.15, 0.2) is 0 Å². The molecule has 1 aromatic heterocycles. The van der Waals surface area contributed by atoms with Crippen LogP contribution in [0, 0.1) is 0 Å². The minimum Gasteiger partial charge on any atom is -0.491 e. The molecule has 3 aromatic rings. The van der Waals surface area contributed by atoms with Gasteiger partial charge in [-0.05, 0) is 36.4 Å². The van der Waals surface area contributed by atoms with Crippen LogP contribution in [0.5, 0.6) is 5.75 Å². The number of rotatable bonds is 5. The van der Waals surface area contributed by atoms with E-state index in [1.54, 1.807) is 24.3 Å². The Bertz CT molecular complexity index is 815. The number of halogens is 1. The molecule has 0 bridgehead atoms. The third-order valence-electron chi connectivity index (χ3n) is 3.80. The molecular formula is C17H19ClN3O2+. The highest BCUT2D eigenvalue weighted by atomic mass is 35.5. The second-order valence-corrected chi connectivity index (χ2v) is 5.87. The van der Waals surface area contributed by atoms with Crippen molar-refractivity contribution >= 4 is 28.6 Å². The Hall–Kier alpha value is -2.24. The molecule has 0 spiro atoms. The second-order valence-electron chi connectivity index (χ2n) is 5.44. The van der Waals surface area contributed by atoms with Gasteiger partial charge in [0.25, 0.3) is 0 Å². The number of nitrogens with zero attached hydrogens (tertiary/aromatic N) is 2. The largest absolute Gasteiger partial charge is 0.491 e. The maximum atomic E-state index is 10.3. The predicted molar refractivity (Wildman–Crippen MR) is 90.5 cm³/mol. The number of nitrogen functional groups attached to an aromatic ring is 1. The van der Waals surface area contributed by atoms with E-state index in [4.69, 9.17) is 22.1 Å². The summed E-state index contributed by atoms with van der Waals surface area (Å²) in [6.07, 6.45) is -0.677. The quantitative estimate of drug-likeness (QED) is 0.704. The lowest BCUT2D eigenvalue weighted by atomic mass is 10.3. The highest BCUT2D eigenvalue weighted by molar-refractivity contribution is 6.30. The molecule has 0 amide bonds. The number of para-hydroxylation sites is 2. The first kappa shape index (κ1) is 15.6. The lowest BCUT2D eigenvalue weighted by Crippen LogP contribution is -2.32. The molecule has 0 aliphatic heterocycles. The second kappa shape index (κ2) is 6.48. The van der Waals surface area contributed by atoms with Crippen LogP contribution < -0.4 is 15.0 Å². The molecule has 6 heteroatoms. The Balaban J connectivity index is 1.72. The highest BCUT2D eigenvalue weighted by Crippen LogP contribution is 2.18. The number of anilines is 1. The van der Waals surface area contributed by atoms with Crippen molar-refractivity contribution in [2.45, 2.75) is 12.6 Å². The van der Waals surface area contributed by atoms with Crippen molar-refractivity contribution in [3.8, 4) is 5.75 Å². The highest BCUT2D eigenvalue weighted by Gasteiger charge is 2.20. The van der Waals surface area contributed by atoms with Crippen LogP contribution in [0.4, 0.5) is 5.95 Å². The number of nitrogens with two attached hydrogens (primary N) is 1. The van der Waals surface area contributed by atoms with E-state index in [0.717, 1.165) is 11.0 Å². The summed E-state index contributed by atoms with van der Waals surface area (Å²) < 4.78 is 9.38. The van der Waals surface area contributed by atoms with E-state index in [1.165, 1.54) is 0 Å². The molecule has 120 valence electrons. The zero-order valence-electron chi connectivity index (χ0n) is 12.8. The molecular weight excluding hydrogens is 314 g/mol. The fourth-order valence-corrected chi connectivity index (χ4v) is 2.71. The van der Waals surface area contributed by atoms with Gasteiger partial charge in [-0.15, -0.1) is 0 Å². The number of aliphatic hydroxyl groups excluding tert-OH is 1. The molecule has 3 N–H and O–H groups in total. The van der Waals surface area contributed by atoms with E-state index >= 15 is 0 Å². The minimum atomic E-state index is -0.677. The molecule has 2 aromatic carbocycles. The minimum absolute atomic E-state index is 0.178. The smallest absolute Gasteiger partial charge is 0.355 e. The Morgan fingerprint density at radius 3 is 2.65 bits per heavy atom. The molecule has 1 heterocycles. The van der Waals surface area contributed by atoms with Gasteiger partial charge in [0.05, 0.1) is 7.05 Å². The summed E-state index contributed by atoms with van der Waals surface area (Å²) in [4.78, 5) is 0. The Morgan fingerprint density at radius 1 is 1.22 bits per heavy atom. The summed E-state index contributed by atoms with van der Waals surface area (Å²) in [6.45, 7) is 0.540. The van der Waals surface area contributed by atoms with Gasteiger partial charge in [-0.3, -0.25) is 5.73 Å². The fourth-order valence-electron chi connectivity index (χ4n) is 2.58. The lowest BCUT2D eigenvalue weighted by molar-refractivity contribution is -0.630. The van der Waals surface area contributed by atoms with E-state index in [-0.39, 0.29) is 6.61 Å². The molecule has 0 fully saturated rings. The average Bonchev–Trinajstić information content (AvgIpc) is 2.80. The van der Waals surface area contributed by atoms with E-state index < -0.39 is 6.10 Å².